The van der Waals surface area contributed by atoms with Crippen LogP contribution in [0.5, 0.6) is 0 Å². The predicted molar refractivity (Wildman–Crippen MR) is 168 cm³/mol. The highest BCUT2D eigenvalue weighted by Gasteiger charge is 2.36. The monoisotopic (exact) mass is 577 g/mol. The van der Waals surface area contributed by atoms with Gasteiger partial charge in [0.15, 0.2) is 0 Å². The van der Waals surface area contributed by atoms with Crippen molar-refractivity contribution in [1.82, 2.24) is 15.5 Å². The van der Waals surface area contributed by atoms with Gasteiger partial charge in [-0.05, 0) is 78.4 Å². The second-order valence-corrected chi connectivity index (χ2v) is 12.9. The molecule has 1 aromatic rings. The average Bonchev–Trinajstić information content (AvgIpc) is 2.83. The highest BCUT2D eigenvalue weighted by molar-refractivity contribution is 7.98. The first-order chi connectivity index (χ1) is 18.8. The van der Waals surface area contributed by atoms with E-state index in [4.69, 9.17) is 4.74 Å². The van der Waals surface area contributed by atoms with Gasteiger partial charge >= 0.3 is 6.09 Å². The number of nitrogens with zero attached hydrogens (tertiary/aromatic N) is 1. The van der Waals surface area contributed by atoms with Gasteiger partial charge in [-0.25, -0.2) is 4.79 Å². The predicted octanol–water partition coefficient (Wildman–Crippen LogP) is 7.09. The Kier molecular flexibility index (Phi) is 16.3. The van der Waals surface area contributed by atoms with Crippen LogP contribution in [-0.2, 0) is 14.3 Å². The van der Waals surface area contributed by atoms with E-state index in [1.807, 2.05) is 39.2 Å². The van der Waals surface area contributed by atoms with Crippen LogP contribution in [0.15, 0.2) is 18.2 Å². The quantitative estimate of drug-likeness (QED) is 0.193. The second-order valence-electron chi connectivity index (χ2n) is 11.9. The molecule has 8 heteroatoms. The van der Waals surface area contributed by atoms with Gasteiger partial charge in [0.25, 0.3) is 0 Å². The SMILES string of the molecule is CCCCCCCN(C(=O)C(CCSC)NC(=O)OC(C)(C)C)C(C(=O)NC(C)CCC)c1cc(C)cc(C)c1. The van der Waals surface area contributed by atoms with Gasteiger partial charge in [0.1, 0.15) is 17.7 Å². The van der Waals surface area contributed by atoms with E-state index in [1.165, 1.54) is 0 Å². The number of hydrogen-bond acceptors (Lipinski definition) is 5. The molecular formula is C32H55N3O4S. The fourth-order valence-corrected chi connectivity index (χ4v) is 5.33. The molecule has 228 valence electrons. The van der Waals surface area contributed by atoms with Gasteiger partial charge in [-0.2, -0.15) is 11.8 Å². The van der Waals surface area contributed by atoms with Crippen molar-refractivity contribution in [2.75, 3.05) is 18.6 Å². The summed E-state index contributed by atoms with van der Waals surface area (Å²) in [6.07, 6.45) is 8.70. The molecule has 3 unspecified atom stereocenters. The fraction of sp³-hybridized carbons (Fsp3) is 0.719. The largest absolute Gasteiger partial charge is 0.444 e. The molecule has 0 bridgehead atoms. The smallest absolute Gasteiger partial charge is 0.408 e. The first-order valence-corrected chi connectivity index (χ1v) is 16.4. The summed E-state index contributed by atoms with van der Waals surface area (Å²) in [6, 6.07) is 4.45. The summed E-state index contributed by atoms with van der Waals surface area (Å²) in [7, 11) is 0. The van der Waals surface area contributed by atoms with Crippen molar-refractivity contribution in [3.63, 3.8) is 0 Å². The molecule has 1 aromatic carbocycles. The van der Waals surface area contributed by atoms with Crippen LogP contribution in [0.1, 0.15) is 116 Å². The molecule has 0 aliphatic rings. The third kappa shape index (κ3) is 13.4. The lowest BCUT2D eigenvalue weighted by Gasteiger charge is -2.35. The maximum atomic E-state index is 14.3. The number of aryl methyl sites for hydroxylation is 2. The number of nitrogens with one attached hydrogen (secondary N) is 2. The third-order valence-corrected chi connectivity index (χ3v) is 7.26. The molecule has 40 heavy (non-hydrogen) atoms. The van der Waals surface area contributed by atoms with Crippen molar-refractivity contribution in [3.8, 4) is 0 Å². The van der Waals surface area contributed by atoms with Gasteiger partial charge in [-0.1, -0.05) is 75.3 Å². The molecule has 0 spiro atoms. The van der Waals surface area contributed by atoms with E-state index in [9.17, 15) is 14.4 Å². The average molecular weight is 578 g/mol. The van der Waals surface area contributed by atoms with Crippen LogP contribution in [-0.4, -0.2) is 59.0 Å². The highest BCUT2D eigenvalue weighted by atomic mass is 32.2. The maximum absolute atomic E-state index is 14.3. The van der Waals surface area contributed by atoms with E-state index < -0.39 is 23.8 Å². The van der Waals surface area contributed by atoms with Crippen LogP contribution < -0.4 is 10.6 Å². The zero-order valence-corrected chi connectivity index (χ0v) is 27.3. The van der Waals surface area contributed by atoms with Gasteiger partial charge in [-0.15, -0.1) is 0 Å². The molecule has 0 aromatic heterocycles. The van der Waals surface area contributed by atoms with Gasteiger partial charge in [0.2, 0.25) is 11.8 Å². The minimum atomic E-state index is -0.799. The molecule has 7 nitrogen and oxygen atoms in total. The number of rotatable bonds is 17. The summed E-state index contributed by atoms with van der Waals surface area (Å²) < 4.78 is 5.50. The lowest BCUT2D eigenvalue weighted by Crippen LogP contribution is -2.54. The van der Waals surface area contributed by atoms with Crippen LogP contribution >= 0.6 is 11.8 Å². The van der Waals surface area contributed by atoms with Crippen LogP contribution in [0.3, 0.4) is 0 Å². The number of alkyl carbamates (subject to hydrolysis) is 1. The van der Waals surface area contributed by atoms with Gasteiger partial charge in [0.05, 0.1) is 0 Å². The molecule has 0 heterocycles. The van der Waals surface area contributed by atoms with Crippen molar-refractivity contribution < 1.29 is 19.1 Å². The maximum Gasteiger partial charge on any atom is 0.408 e. The van der Waals surface area contributed by atoms with Gasteiger partial charge in [-0.3, -0.25) is 9.59 Å². The number of amides is 3. The zero-order valence-electron chi connectivity index (χ0n) is 26.5. The Bertz CT molecular complexity index is 911. The molecule has 0 aliphatic heterocycles. The number of carbonyl (C=O) groups excluding carboxylic acids is 3. The lowest BCUT2D eigenvalue weighted by molar-refractivity contribution is -0.143. The molecule has 1 rings (SSSR count). The van der Waals surface area contributed by atoms with E-state index in [2.05, 4.69) is 30.5 Å². The minimum Gasteiger partial charge on any atom is -0.444 e. The van der Waals surface area contributed by atoms with Crippen LogP contribution in [0.4, 0.5) is 4.79 Å². The molecule has 0 fully saturated rings. The van der Waals surface area contributed by atoms with E-state index in [1.54, 1.807) is 37.4 Å². The number of thioether (sulfide) groups is 1. The summed E-state index contributed by atoms with van der Waals surface area (Å²) in [5.41, 5.74) is 2.18. The van der Waals surface area contributed by atoms with Crippen molar-refractivity contribution in [2.24, 2.45) is 0 Å². The van der Waals surface area contributed by atoms with Gasteiger partial charge in [0, 0.05) is 12.6 Å². The Morgan fingerprint density at radius 2 is 1.55 bits per heavy atom. The van der Waals surface area contributed by atoms with Gasteiger partial charge < -0.3 is 20.3 Å². The van der Waals surface area contributed by atoms with E-state index in [-0.39, 0.29) is 17.9 Å². The third-order valence-electron chi connectivity index (χ3n) is 6.62. The Morgan fingerprint density at radius 3 is 2.10 bits per heavy atom. The minimum absolute atomic E-state index is 0.0143. The van der Waals surface area contributed by atoms with E-state index in [0.717, 1.165) is 61.6 Å². The first-order valence-electron chi connectivity index (χ1n) is 15.0. The molecular weight excluding hydrogens is 522 g/mol. The first kappa shape index (κ1) is 35.8. The molecule has 0 aliphatic carbocycles. The van der Waals surface area contributed by atoms with Crippen LogP contribution in [0, 0.1) is 13.8 Å². The number of carbonyl (C=O) groups is 3. The van der Waals surface area contributed by atoms with Crippen molar-refractivity contribution in [3.05, 3.63) is 34.9 Å². The Labute approximate surface area is 248 Å². The van der Waals surface area contributed by atoms with Crippen molar-refractivity contribution in [1.29, 1.82) is 0 Å². The van der Waals surface area contributed by atoms with E-state index >= 15 is 0 Å². The Hall–Kier alpha value is -2.22. The normalized spacial score (nSPS) is 13.7. The summed E-state index contributed by atoms with van der Waals surface area (Å²) in [5.74, 6) is 0.247. The molecule has 0 radical (unpaired) electrons. The summed E-state index contributed by atoms with van der Waals surface area (Å²) in [4.78, 5) is 42.8. The molecule has 2 N–H and O–H groups in total. The molecule has 3 amide bonds. The topological polar surface area (TPSA) is 87.7 Å². The highest BCUT2D eigenvalue weighted by Crippen LogP contribution is 2.27. The summed E-state index contributed by atoms with van der Waals surface area (Å²) in [6.45, 7) is 16.1. The number of hydrogen-bond donors (Lipinski definition) is 2. The second kappa shape index (κ2) is 18.3. The Morgan fingerprint density at radius 1 is 0.925 bits per heavy atom. The van der Waals surface area contributed by atoms with E-state index in [0.29, 0.717) is 18.7 Å². The zero-order chi connectivity index (χ0) is 30.3. The fourth-order valence-electron chi connectivity index (χ4n) is 4.86. The summed E-state index contributed by atoms with van der Waals surface area (Å²) >= 11 is 1.61. The Balaban J connectivity index is 3.53. The van der Waals surface area contributed by atoms with Crippen molar-refractivity contribution >= 4 is 29.7 Å². The number of benzene rings is 1. The van der Waals surface area contributed by atoms with Crippen molar-refractivity contribution in [2.45, 2.75) is 130 Å². The van der Waals surface area contributed by atoms with Crippen LogP contribution in [0.25, 0.3) is 0 Å². The van der Waals surface area contributed by atoms with Crippen LogP contribution in [0.2, 0.25) is 0 Å². The molecule has 0 saturated carbocycles. The number of ether oxygens (including phenoxy) is 1. The number of unbranched alkanes of at least 4 members (excludes halogenated alkanes) is 4. The lowest BCUT2D eigenvalue weighted by atomic mass is 9.97. The standard InChI is InChI=1S/C32H55N3O4S/c1-10-12-13-14-15-18-35(30(37)27(17-19-40-9)34-31(38)39-32(6,7)8)28(29(36)33-25(5)16-11-2)26-21-23(3)20-24(4)22-26/h20-22,25,27-28H,10-19H2,1-9H3,(H,33,36)(H,34,38). The molecule has 3 atom stereocenters. The summed E-state index contributed by atoms with van der Waals surface area (Å²) in [5, 5.41) is 6.00. The molecule has 0 saturated heterocycles.